The van der Waals surface area contributed by atoms with E-state index in [9.17, 15) is 4.79 Å². The van der Waals surface area contributed by atoms with Crippen LogP contribution < -0.4 is 0 Å². The van der Waals surface area contributed by atoms with Crippen molar-refractivity contribution in [1.82, 2.24) is 9.78 Å². The van der Waals surface area contributed by atoms with E-state index >= 15 is 0 Å². The number of hydrogen-bond donors (Lipinski definition) is 1. The molecule has 0 aliphatic heterocycles. The molecule has 0 radical (unpaired) electrons. The maximum Gasteiger partial charge on any atom is 0.303 e. The SMILES string of the molecule is CCc1nn(CC)c(CCCC(=O)O)c1Br. The van der Waals surface area contributed by atoms with Crippen molar-refractivity contribution in [2.24, 2.45) is 0 Å². The van der Waals surface area contributed by atoms with Crippen LogP contribution in [-0.2, 0) is 24.2 Å². The predicted octanol–water partition coefficient (Wildman–Crippen LogP) is 2.64. The molecule has 0 aromatic carbocycles. The Morgan fingerprint density at radius 2 is 2.19 bits per heavy atom. The molecule has 1 N–H and O–H groups in total. The molecule has 0 saturated carbocycles. The molecule has 0 spiro atoms. The lowest BCUT2D eigenvalue weighted by atomic mass is 10.2. The van der Waals surface area contributed by atoms with Crippen LogP contribution >= 0.6 is 15.9 Å². The fourth-order valence-corrected chi connectivity index (χ4v) is 2.43. The molecular weight excluding hydrogens is 272 g/mol. The molecular formula is C11H17BrN2O2. The molecule has 0 fully saturated rings. The number of carbonyl (C=O) groups is 1. The zero-order valence-corrected chi connectivity index (χ0v) is 11.2. The molecule has 0 bridgehead atoms. The number of aryl methyl sites for hydroxylation is 2. The quantitative estimate of drug-likeness (QED) is 0.876. The molecule has 1 heterocycles. The summed E-state index contributed by atoms with van der Waals surface area (Å²) in [5.74, 6) is -0.741. The van der Waals surface area contributed by atoms with Crippen LogP contribution in [0.15, 0.2) is 4.47 Å². The van der Waals surface area contributed by atoms with Gasteiger partial charge in [-0.15, -0.1) is 0 Å². The van der Waals surface area contributed by atoms with Gasteiger partial charge >= 0.3 is 5.97 Å². The number of carboxylic acid groups (broad SMARTS) is 1. The molecule has 0 saturated heterocycles. The molecule has 0 unspecified atom stereocenters. The third kappa shape index (κ3) is 3.07. The first-order chi connectivity index (χ1) is 7.60. The van der Waals surface area contributed by atoms with Crippen molar-refractivity contribution in [2.75, 3.05) is 0 Å². The van der Waals surface area contributed by atoms with Gasteiger partial charge in [-0.25, -0.2) is 0 Å². The number of hydrogen-bond acceptors (Lipinski definition) is 2. The van der Waals surface area contributed by atoms with Gasteiger partial charge in [0.2, 0.25) is 0 Å². The minimum atomic E-state index is -0.741. The van der Waals surface area contributed by atoms with Gasteiger partial charge in [0.05, 0.1) is 15.9 Å². The monoisotopic (exact) mass is 288 g/mol. The topological polar surface area (TPSA) is 55.1 Å². The van der Waals surface area contributed by atoms with E-state index in [0.717, 1.165) is 35.2 Å². The Morgan fingerprint density at radius 3 is 2.69 bits per heavy atom. The molecule has 1 aromatic rings. The molecule has 90 valence electrons. The Morgan fingerprint density at radius 1 is 1.50 bits per heavy atom. The minimum Gasteiger partial charge on any atom is -0.481 e. The van der Waals surface area contributed by atoms with E-state index in [2.05, 4.69) is 28.0 Å². The van der Waals surface area contributed by atoms with Crippen LogP contribution in [0.3, 0.4) is 0 Å². The van der Waals surface area contributed by atoms with E-state index in [1.165, 1.54) is 0 Å². The first kappa shape index (κ1) is 13.2. The van der Waals surface area contributed by atoms with E-state index in [0.29, 0.717) is 6.42 Å². The van der Waals surface area contributed by atoms with Gasteiger partial charge < -0.3 is 5.11 Å². The summed E-state index contributed by atoms with van der Waals surface area (Å²) < 4.78 is 2.99. The van der Waals surface area contributed by atoms with Crippen LogP contribution in [0.4, 0.5) is 0 Å². The van der Waals surface area contributed by atoms with Gasteiger partial charge in [-0.05, 0) is 42.1 Å². The lowest BCUT2D eigenvalue weighted by molar-refractivity contribution is -0.137. The number of aromatic nitrogens is 2. The number of nitrogens with zero attached hydrogens (tertiary/aromatic N) is 2. The van der Waals surface area contributed by atoms with E-state index in [1.54, 1.807) is 0 Å². The first-order valence-electron chi connectivity index (χ1n) is 5.56. The normalized spacial score (nSPS) is 10.7. The molecule has 0 aliphatic rings. The van der Waals surface area contributed by atoms with Gasteiger partial charge in [-0.3, -0.25) is 9.48 Å². The molecule has 5 heteroatoms. The number of carboxylic acids is 1. The fraction of sp³-hybridized carbons (Fsp3) is 0.636. The molecule has 0 amide bonds. The van der Waals surface area contributed by atoms with Gasteiger partial charge in [0.1, 0.15) is 0 Å². The van der Waals surface area contributed by atoms with Crippen LogP contribution in [0.1, 0.15) is 38.1 Å². The molecule has 0 atom stereocenters. The minimum absolute atomic E-state index is 0.211. The van der Waals surface area contributed by atoms with E-state index in [-0.39, 0.29) is 6.42 Å². The van der Waals surface area contributed by atoms with Gasteiger partial charge in [-0.1, -0.05) is 6.92 Å². The van der Waals surface area contributed by atoms with Crippen molar-refractivity contribution >= 4 is 21.9 Å². The van der Waals surface area contributed by atoms with Crippen LogP contribution in [-0.4, -0.2) is 20.9 Å². The molecule has 1 aromatic heterocycles. The molecule has 0 aliphatic carbocycles. The Kier molecular flexibility index (Phi) is 4.99. The van der Waals surface area contributed by atoms with E-state index < -0.39 is 5.97 Å². The Balaban J connectivity index is 2.76. The number of halogens is 1. The number of aliphatic carboxylic acids is 1. The highest BCUT2D eigenvalue weighted by Gasteiger charge is 2.13. The number of rotatable bonds is 6. The zero-order valence-electron chi connectivity index (χ0n) is 9.66. The lowest BCUT2D eigenvalue weighted by Gasteiger charge is -2.03. The summed E-state index contributed by atoms with van der Waals surface area (Å²) in [6.07, 6.45) is 2.51. The second kappa shape index (κ2) is 6.03. The maximum atomic E-state index is 10.5. The Hall–Kier alpha value is -0.840. The second-order valence-electron chi connectivity index (χ2n) is 3.62. The van der Waals surface area contributed by atoms with Crippen molar-refractivity contribution in [3.63, 3.8) is 0 Å². The predicted molar refractivity (Wildman–Crippen MR) is 65.6 cm³/mol. The third-order valence-electron chi connectivity index (χ3n) is 2.50. The highest BCUT2D eigenvalue weighted by molar-refractivity contribution is 9.10. The molecule has 16 heavy (non-hydrogen) atoms. The van der Waals surface area contributed by atoms with Gasteiger partial charge in [-0.2, -0.15) is 5.10 Å². The summed E-state index contributed by atoms with van der Waals surface area (Å²) >= 11 is 3.54. The summed E-state index contributed by atoms with van der Waals surface area (Å²) in [4.78, 5) is 10.5. The van der Waals surface area contributed by atoms with Crippen molar-refractivity contribution < 1.29 is 9.90 Å². The van der Waals surface area contributed by atoms with Crippen molar-refractivity contribution in [1.29, 1.82) is 0 Å². The first-order valence-corrected chi connectivity index (χ1v) is 6.35. The second-order valence-corrected chi connectivity index (χ2v) is 4.42. The average Bonchev–Trinajstić information content (AvgIpc) is 2.55. The van der Waals surface area contributed by atoms with Crippen molar-refractivity contribution in [3.05, 3.63) is 15.9 Å². The summed E-state index contributed by atoms with van der Waals surface area (Å²) in [5, 5.41) is 13.1. The summed E-state index contributed by atoms with van der Waals surface area (Å²) in [6.45, 7) is 4.93. The van der Waals surface area contributed by atoms with E-state index in [1.807, 2.05) is 11.6 Å². The summed E-state index contributed by atoms with van der Waals surface area (Å²) in [7, 11) is 0. The molecule has 1 rings (SSSR count). The van der Waals surface area contributed by atoms with Crippen LogP contribution in [0.5, 0.6) is 0 Å². The zero-order chi connectivity index (χ0) is 12.1. The summed E-state index contributed by atoms with van der Waals surface area (Å²) in [5.41, 5.74) is 2.16. The third-order valence-corrected chi connectivity index (χ3v) is 3.41. The summed E-state index contributed by atoms with van der Waals surface area (Å²) in [6, 6.07) is 0. The van der Waals surface area contributed by atoms with Crippen molar-refractivity contribution in [2.45, 2.75) is 46.1 Å². The fourth-order valence-electron chi connectivity index (χ4n) is 1.66. The highest BCUT2D eigenvalue weighted by atomic mass is 79.9. The van der Waals surface area contributed by atoms with Crippen LogP contribution in [0.2, 0.25) is 0 Å². The Labute approximate surface area is 104 Å². The van der Waals surface area contributed by atoms with Crippen molar-refractivity contribution in [3.8, 4) is 0 Å². The largest absolute Gasteiger partial charge is 0.481 e. The Bertz CT molecular complexity index is 374. The van der Waals surface area contributed by atoms with Crippen LogP contribution in [0, 0.1) is 0 Å². The van der Waals surface area contributed by atoms with E-state index in [4.69, 9.17) is 5.11 Å². The smallest absolute Gasteiger partial charge is 0.303 e. The van der Waals surface area contributed by atoms with Gasteiger partial charge in [0, 0.05) is 13.0 Å². The average molecular weight is 289 g/mol. The lowest BCUT2D eigenvalue weighted by Crippen LogP contribution is -2.04. The standard InChI is InChI=1S/C11H17BrN2O2/c1-3-8-11(12)9(14(4-2)13-8)6-5-7-10(15)16/h3-7H2,1-2H3,(H,15,16). The molecule has 4 nitrogen and oxygen atoms in total. The van der Waals surface area contributed by atoms with Crippen LogP contribution in [0.25, 0.3) is 0 Å². The van der Waals surface area contributed by atoms with Gasteiger partial charge in [0.15, 0.2) is 0 Å². The maximum absolute atomic E-state index is 10.5. The van der Waals surface area contributed by atoms with Gasteiger partial charge in [0.25, 0.3) is 0 Å². The highest BCUT2D eigenvalue weighted by Crippen LogP contribution is 2.23.